The summed E-state index contributed by atoms with van der Waals surface area (Å²) in [5.74, 6) is 0.822. The van der Waals surface area contributed by atoms with Crippen LogP contribution in [0.15, 0.2) is 24.3 Å². The van der Waals surface area contributed by atoms with Crippen molar-refractivity contribution >= 4 is 11.0 Å². The van der Waals surface area contributed by atoms with Crippen molar-refractivity contribution in [3.05, 3.63) is 30.1 Å². The van der Waals surface area contributed by atoms with Crippen LogP contribution in [0.1, 0.15) is 57.0 Å². The van der Waals surface area contributed by atoms with Gasteiger partial charge in [-0.15, -0.1) is 0 Å². The molecule has 96 valence electrons. The minimum atomic E-state index is -0.501. The molecule has 1 saturated carbocycles. The highest BCUT2D eigenvalue weighted by Crippen LogP contribution is 2.33. The lowest BCUT2D eigenvalue weighted by molar-refractivity contribution is 0.178. The third-order valence-electron chi connectivity index (χ3n) is 3.94. The van der Waals surface area contributed by atoms with Gasteiger partial charge in [-0.2, -0.15) is 0 Å². The Morgan fingerprint density at radius 3 is 2.67 bits per heavy atom. The topological polar surface area (TPSA) is 38.1 Å². The summed E-state index contributed by atoms with van der Waals surface area (Å²) in [7, 11) is 0. The van der Waals surface area contributed by atoms with E-state index in [2.05, 4.69) is 21.7 Å². The second kappa shape index (κ2) is 4.73. The molecule has 3 heteroatoms. The summed E-state index contributed by atoms with van der Waals surface area (Å²) in [5, 5.41) is 9.95. The van der Waals surface area contributed by atoms with Crippen LogP contribution >= 0.6 is 0 Å². The predicted molar refractivity (Wildman–Crippen MR) is 72.5 cm³/mol. The largest absolute Gasteiger partial charge is 0.385 e. The number of rotatable bonds is 2. The first-order valence-corrected chi connectivity index (χ1v) is 6.92. The van der Waals surface area contributed by atoms with Crippen molar-refractivity contribution in [1.29, 1.82) is 0 Å². The molecule has 2 aromatic rings. The van der Waals surface area contributed by atoms with Gasteiger partial charge in [-0.1, -0.05) is 31.4 Å². The van der Waals surface area contributed by atoms with Gasteiger partial charge in [-0.05, 0) is 31.9 Å². The summed E-state index contributed by atoms with van der Waals surface area (Å²) >= 11 is 0. The Morgan fingerprint density at radius 1 is 1.22 bits per heavy atom. The minimum absolute atomic E-state index is 0.501. The molecule has 1 fully saturated rings. The van der Waals surface area contributed by atoms with Crippen LogP contribution in [0.2, 0.25) is 0 Å². The highest BCUT2D eigenvalue weighted by molar-refractivity contribution is 5.76. The van der Waals surface area contributed by atoms with E-state index in [4.69, 9.17) is 0 Å². The quantitative estimate of drug-likeness (QED) is 0.876. The zero-order valence-corrected chi connectivity index (χ0v) is 10.8. The third kappa shape index (κ3) is 1.93. The van der Waals surface area contributed by atoms with Crippen molar-refractivity contribution in [2.45, 2.75) is 51.2 Å². The van der Waals surface area contributed by atoms with Gasteiger partial charge < -0.3 is 9.67 Å². The first kappa shape index (κ1) is 11.7. The maximum absolute atomic E-state index is 9.95. The molecule has 0 unspecified atom stereocenters. The zero-order chi connectivity index (χ0) is 12.5. The average Bonchev–Trinajstić information content (AvgIpc) is 2.79. The van der Waals surface area contributed by atoms with E-state index in [0.29, 0.717) is 6.04 Å². The fraction of sp³-hybridized carbons (Fsp3) is 0.533. The van der Waals surface area contributed by atoms with Crippen LogP contribution in [0.5, 0.6) is 0 Å². The highest BCUT2D eigenvalue weighted by Gasteiger charge is 2.22. The first-order valence-electron chi connectivity index (χ1n) is 6.92. The van der Waals surface area contributed by atoms with Crippen LogP contribution in [-0.2, 0) is 0 Å². The summed E-state index contributed by atoms with van der Waals surface area (Å²) in [6.07, 6.45) is 5.83. The number of para-hydroxylation sites is 2. The number of imidazole rings is 1. The van der Waals surface area contributed by atoms with Crippen molar-refractivity contribution in [3.63, 3.8) is 0 Å². The molecule has 0 saturated heterocycles. The fourth-order valence-electron chi connectivity index (χ4n) is 3.08. The zero-order valence-electron chi connectivity index (χ0n) is 10.8. The molecule has 18 heavy (non-hydrogen) atoms. The van der Waals surface area contributed by atoms with Crippen molar-refractivity contribution < 1.29 is 5.11 Å². The monoisotopic (exact) mass is 244 g/mol. The van der Waals surface area contributed by atoms with E-state index < -0.39 is 6.10 Å². The number of fused-ring (bicyclic) bond motifs is 1. The molecule has 1 aromatic carbocycles. The molecule has 1 aromatic heterocycles. The summed E-state index contributed by atoms with van der Waals surface area (Å²) in [6.45, 7) is 1.81. The molecule has 1 atom stereocenters. The van der Waals surface area contributed by atoms with Crippen molar-refractivity contribution in [3.8, 4) is 0 Å². The Morgan fingerprint density at radius 2 is 1.94 bits per heavy atom. The molecular formula is C15H20N2O. The number of hydrogen-bond acceptors (Lipinski definition) is 2. The molecular weight excluding hydrogens is 224 g/mol. The van der Waals surface area contributed by atoms with Crippen LogP contribution in [0.4, 0.5) is 0 Å². The summed E-state index contributed by atoms with van der Waals surface area (Å²) in [6, 6.07) is 8.71. The number of aromatic nitrogens is 2. The molecule has 3 rings (SSSR count). The number of hydrogen-bond donors (Lipinski definition) is 1. The van der Waals surface area contributed by atoms with Crippen LogP contribution in [0.3, 0.4) is 0 Å². The maximum atomic E-state index is 9.95. The number of nitrogens with zero attached hydrogens (tertiary/aromatic N) is 2. The van der Waals surface area contributed by atoms with Crippen molar-refractivity contribution in [2.24, 2.45) is 0 Å². The molecule has 0 amide bonds. The SMILES string of the molecule is C[C@H](O)c1nc2ccccc2n1C1CCCCC1. The number of aliphatic hydroxyl groups is 1. The first-order chi connectivity index (χ1) is 8.77. The van der Waals surface area contributed by atoms with Gasteiger partial charge in [-0.25, -0.2) is 4.98 Å². The summed E-state index contributed by atoms with van der Waals surface area (Å²) in [5.41, 5.74) is 2.17. The Kier molecular flexibility index (Phi) is 3.08. The number of aliphatic hydroxyl groups excluding tert-OH is 1. The van der Waals surface area contributed by atoms with E-state index in [-0.39, 0.29) is 0 Å². The number of benzene rings is 1. The van der Waals surface area contributed by atoms with Gasteiger partial charge in [0.15, 0.2) is 0 Å². The molecule has 0 radical (unpaired) electrons. The Bertz CT molecular complexity index is 538. The fourth-order valence-corrected chi connectivity index (χ4v) is 3.08. The summed E-state index contributed by atoms with van der Waals surface area (Å²) < 4.78 is 2.28. The van der Waals surface area contributed by atoms with E-state index in [1.807, 2.05) is 12.1 Å². The van der Waals surface area contributed by atoms with E-state index in [0.717, 1.165) is 11.3 Å². The van der Waals surface area contributed by atoms with E-state index >= 15 is 0 Å². The lowest BCUT2D eigenvalue weighted by Crippen LogP contribution is -2.16. The maximum Gasteiger partial charge on any atom is 0.138 e. The average molecular weight is 244 g/mol. The Hall–Kier alpha value is -1.35. The van der Waals surface area contributed by atoms with Gasteiger partial charge in [0.1, 0.15) is 11.9 Å². The van der Waals surface area contributed by atoms with Gasteiger partial charge in [0.2, 0.25) is 0 Å². The van der Waals surface area contributed by atoms with Gasteiger partial charge in [-0.3, -0.25) is 0 Å². The molecule has 1 N–H and O–H groups in total. The van der Waals surface area contributed by atoms with E-state index in [1.165, 1.54) is 37.6 Å². The van der Waals surface area contributed by atoms with Crippen LogP contribution in [0, 0.1) is 0 Å². The lowest BCUT2D eigenvalue weighted by Gasteiger charge is -2.26. The molecule has 1 aliphatic rings. The van der Waals surface area contributed by atoms with Crippen molar-refractivity contribution in [1.82, 2.24) is 9.55 Å². The Labute approximate surface area is 107 Å². The molecule has 0 spiro atoms. The molecule has 3 nitrogen and oxygen atoms in total. The Balaban J connectivity index is 2.14. The van der Waals surface area contributed by atoms with E-state index in [1.54, 1.807) is 6.92 Å². The standard InChI is InChI=1S/C15H20N2O/c1-11(18)15-16-13-9-5-6-10-14(13)17(15)12-7-3-2-4-8-12/h5-6,9-12,18H,2-4,7-8H2,1H3/t11-/m0/s1. The van der Waals surface area contributed by atoms with Crippen molar-refractivity contribution in [2.75, 3.05) is 0 Å². The summed E-state index contributed by atoms with van der Waals surface area (Å²) in [4.78, 5) is 4.60. The third-order valence-corrected chi connectivity index (χ3v) is 3.94. The van der Waals surface area contributed by atoms with E-state index in [9.17, 15) is 5.11 Å². The molecule has 1 heterocycles. The van der Waals surface area contributed by atoms with Gasteiger partial charge in [0.25, 0.3) is 0 Å². The second-order valence-electron chi connectivity index (χ2n) is 5.30. The highest BCUT2D eigenvalue weighted by atomic mass is 16.3. The lowest BCUT2D eigenvalue weighted by atomic mass is 9.95. The van der Waals surface area contributed by atoms with Crippen LogP contribution < -0.4 is 0 Å². The molecule has 0 aliphatic heterocycles. The molecule has 0 bridgehead atoms. The van der Waals surface area contributed by atoms with Crippen LogP contribution in [-0.4, -0.2) is 14.7 Å². The predicted octanol–water partition coefficient (Wildman–Crippen LogP) is 3.59. The van der Waals surface area contributed by atoms with Crippen LogP contribution in [0.25, 0.3) is 11.0 Å². The minimum Gasteiger partial charge on any atom is -0.385 e. The van der Waals surface area contributed by atoms with Gasteiger partial charge in [0.05, 0.1) is 11.0 Å². The van der Waals surface area contributed by atoms with Gasteiger partial charge in [0, 0.05) is 6.04 Å². The molecule has 1 aliphatic carbocycles. The second-order valence-corrected chi connectivity index (χ2v) is 5.30. The van der Waals surface area contributed by atoms with Gasteiger partial charge >= 0.3 is 0 Å². The normalized spacial score (nSPS) is 19.2. The smallest absolute Gasteiger partial charge is 0.138 e.